The Hall–Kier alpha value is -2.95. The van der Waals surface area contributed by atoms with Crippen LogP contribution >= 0.6 is 0 Å². The van der Waals surface area contributed by atoms with Crippen molar-refractivity contribution in [3.63, 3.8) is 0 Å². The predicted octanol–water partition coefficient (Wildman–Crippen LogP) is 4.61. The maximum absolute atomic E-state index is 14.7. The van der Waals surface area contributed by atoms with Crippen molar-refractivity contribution in [2.45, 2.75) is 33.2 Å². The van der Waals surface area contributed by atoms with Gasteiger partial charge in [-0.25, -0.2) is 9.82 Å². The highest BCUT2D eigenvalue weighted by molar-refractivity contribution is 5.95. The van der Waals surface area contributed by atoms with Crippen LogP contribution in [0.3, 0.4) is 0 Å². The van der Waals surface area contributed by atoms with Gasteiger partial charge in [-0.3, -0.25) is 4.79 Å². The maximum Gasteiger partial charge on any atom is 0.271 e. The minimum atomic E-state index is -0.365. The van der Waals surface area contributed by atoms with Crippen molar-refractivity contribution >= 4 is 23.4 Å². The second kappa shape index (κ2) is 7.35. The Kier molecular flexibility index (Phi) is 5.13. The summed E-state index contributed by atoms with van der Waals surface area (Å²) >= 11 is 0. The summed E-state index contributed by atoms with van der Waals surface area (Å²) in [6, 6.07) is 12.1. The lowest BCUT2D eigenvalue weighted by molar-refractivity contribution is 0.0955. The van der Waals surface area contributed by atoms with Gasteiger partial charge in [0.15, 0.2) is 0 Å². The normalized spacial score (nSPS) is 15.4. The van der Waals surface area contributed by atoms with Crippen molar-refractivity contribution in [1.29, 1.82) is 0 Å². The summed E-state index contributed by atoms with van der Waals surface area (Å²) in [7, 11) is 0. The third-order valence-electron chi connectivity index (χ3n) is 4.82. The largest absolute Gasteiger partial charge is 0.363 e. The fraction of sp³-hybridized carbons (Fsp3) is 0.273. The molecule has 2 aromatic carbocycles. The highest BCUT2D eigenvalue weighted by Gasteiger charge is 2.30. The van der Waals surface area contributed by atoms with Crippen LogP contribution in [0.2, 0.25) is 0 Å². The number of hydrazone groups is 1. The Bertz CT molecular complexity index is 917. The number of carbonyl (C=O) groups is 1. The van der Waals surface area contributed by atoms with Crippen molar-refractivity contribution in [3.05, 3.63) is 71.0 Å². The van der Waals surface area contributed by atoms with Crippen LogP contribution in [-0.4, -0.2) is 24.2 Å². The number of likely N-dealkylation sites (N-methyl/N-ethyl adjacent to an activating group) is 1. The van der Waals surface area contributed by atoms with Crippen LogP contribution in [0.4, 0.5) is 10.1 Å². The quantitative estimate of drug-likeness (QED) is 0.635. The first-order valence-electron chi connectivity index (χ1n) is 9.03. The van der Waals surface area contributed by atoms with E-state index in [1.807, 2.05) is 13.0 Å². The lowest BCUT2D eigenvalue weighted by Crippen LogP contribution is -2.45. The molecule has 140 valence electrons. The number of nitrogens with one attached hydrogen (secondary N) is 1. The lowest BCUT2D eigenvalue weighted by Gasteiger charge is -2.42. The first-order valence-corrected chi connectivity index (χ1v) is 9.03. The van der Waals surface area contributed by atoms with Crippen LogP contribution in [0.25, 0.3) is 5.57 Å². The Morgan fingerprint density at radius 2 is 1.96 bits per heavy atom. The average Bonchev–Trinajstić information content (AvgIpc) is 2.63. The molecule has 1 aliphatic rings. The predicted molar refractivity (Wildman–Crippen MR) is 109 cm³/mol. The van der Waals surface area contributed by atoms with E-state index in [1.54, 1.807) is 36.4 Å². The van der Waals surface area contributed by atoms with Gasteiger partial charge in [-0.15, -0.1) is 0 Å². The van der Waals surface area contributed by atoms with E-state index in [4.69, 9.17) is 0 Å². The molecule has 0 saturated carbocycles. The molecule has 0 spiro atoms. The molecule has 1 N–H and O–H groups in total. The molecule has 0 aliphatic carbocycles. The molecule has 4 nitrogen and oxygen atoms in total. The number of nitrogens with zero attached hydrogens (tertiary/aromatic N) is 2. The fourth-order valence-electron chi connectivity index (χ4n) is 3.61. The topological polar surface area (TPSA) is 44.7 Å². The van der Waals surface area contributed by atoms with E-state index in [9.17, 15) is 9.18 Å². The highest BCUT2D eigenvalue weighted by atomic mass is 19.1. The monoisotopic (exact) mass is 365 g/mol. The standard InChI is InChI=1S/C22H24FN3O/c1-5-26-20-12-19(23)17(11-18(20)15(2)13-22(26,3)4)14-24-25-21(27)16-9-7-6-8-10-16/h6-14H,5H2,1-4H3,(H,25,27)/b24-14-. The molecule has 0 saturated heterocycles. The SMILES string of the molecule is CCN1c2cc(F)c(/C=N\NC(=O)c3ccccc3)cc2C(C)=CC1(C)C. The Balaban J connectivity index is 1.86. The summed E-state index contributed by atoms with van der Waals surface area (Å²) in [4.78, 5) is 14.2. The molecule has 1 heterocycles. The molecule has 1 aliphatic heterocycles. The number of anilines is 1. The van der Waals surface area contributed by atoms with E-state index in [0.717, 1.165) is 23.4 Å². The number of hydrogen-bond donors (Lipinski definition) is 1. The first kappa shape index (κ1) is 18.8. The van der Waals surface area contributed by atoms with Gasteiger partial charge in [-0.2, -0.15) is 5.10 Å². The van der Waals surface area contributed by atoms with E-state index in [1.165, 1.54) is 6.21 Å². The van der Waals surface area contributed by atoms with Gasteiger partial charge in [0.25, 0.3) is 5.91 Å². The van der Waals surface area contributed by atoms with Crippen LogP contribution in [-0.2, 0) is 0 Å². The number of halogens is 1. The summed E-state index contributed by atoms with van der Waals surface area (Å²) < 4.78 is 14.7. The minimum Gasteiger partial charge on any atom is -0.363 e. The van der Waals surface area contributed by atoms with E-state index in [-0.39, 0.29) is 17.3 Å². The smallest absolute Gasteiger partial charge is 0.271 e. The number of rotatable bonds is 4. The molecular weight excluding hydrogens is 341 g/mol. The van der Waals surface area contributed by atoms with Crippen LogP contribution in [0.5, 0.6) is 0 Å². The molecule has 2 aromatic rings. The van der Waals surface area contributed by atoms with E-state index >= 15 is 0 Å². The summed E-state index contributed by atoms with van der Waals surface area (Å²) in [5.74, 6) is -0.699. The van der Waals surface area contributed by atoms with Crippen molar-refractivity contribution in [2.75, 3.05) is 11.4 Å². The van der Waals surface area contributed by atoms with E-state index in [2.05, 4.69) is 42.3 Å². The van der Waals surface area contributed by atoms with Gasteiger partial charge in [0.2, 0.25) is 0 Å². The molecule has 0 atom stereocenters. The van der Waals surface area contributed by atoms with Crippen molar-refractivity contribution in [3.8, 4) is 0 Å². The van der Waals surface area contributed by atoms with Crippen LogP contribution in [0, 0.1) is 5.82 Å². The van der Waals surface area contributed by atoms with Gasteiger partial charge >= 0.3 is 0 Å². The fourth-order valence-corrected chi connectivity index (χ4v) is 3.61. The second-order valence-electron chi connectivity index (χ2n) is 7.18. The number of amides is 1. The number of allylic oxidation sites excluding steroid dienone is 1. The maximum atomic E-state index is 14.7. The highest BCUT2D eigenvalue weighted by Crippen LogP contribution is 2.39. The molecule has 0 aromatic heterocycles. The minimum absolute atomic E-state index is 0.169. The summed E-state index contributed by atoms with van der Waals surface area (Å²) in [6.45, 7) is 9.12. The zero-order valence-electron chi connectivity index (χ0n) is 16.1. The number of carbonyl (C=O) groups excluding carboxylic acids is 1. The molecular formula is C22H24FN3O. The summed E-state index contributed by atoms with van der Waals surface area (Å²) in [6.07, 6.45) is 3.54. The lowest BCUT2D eigenvalue weighted by atomic mass is 9.88. The molecule has 5 heteroatoms. The van der Waals surface area contributed by atoms with Gasteiger partial charge in [0.1, 0.15) is 5.82 Å². The zero-order valence-corrected chi connectivity index (χ0v) is 16.1. The van der Waals surface area contributed by atoms with Gasteiger partial charge in [0, 0.05) is 28.9 Å². The van der Waals surface area contributed by atoms with Gasteiger partial charge < -0.3 is 4.90 Å². The second-order valence-corrected chi connectivity index (χ2v) is 7.18. The molecule has 0 fully saturated rings. The third kappa shape index (κ3) is 3.77. The van der Waals surface area contributed by atoms with E-state index in [0.29, 0.717) is 11.1 Å². The van der Waals surface area contributed by atoms with Gasteiger partial charge in [-0.1, -0.05) is 24.3 Å². The zero-order chi connectivity index (χ0) is 19.6. The van der Waals surface area contributed by atoms with Gasteiger partial charge in [-0.05, 0) is 57.5 Å². The molecule has 3 rings (SSSR count). The molecule has 0 bridgehead atoms. The van der Waals surface area contributed by atoms with E-state index < -0.39 is 0 Å². The molecule has 1 amide bonds. The van der Waals surface area contributed by atoms with Crippen molar-refractivity contribution < 1.29 is 9.18 Å². The first-order chi connectivity index (χ1) is 12.8. The average molecular weight is 365 g/mol. The molecule has 0 unspecified atom stereocenters. The van der Waals surface area contributed by atoms with Crippen molar-refractivity contribution in [2.24, 2.45) is 5.10 Å². The Labute approximate surface area is 159 Å². The number of benzene rings is 2. The molecule has 27 heavy (non-hydrogen) atoms. The number of hydrogen-bond acceptors (Lipinski definition) is 3. The molecule has 0 radical (unpaired) electrons. The van der Waals surface area contributed by atoms with Gasteiger partial charge in [0.05, 0.1) is 11.8 Å². The van der Waals surface area contributed by atoms with Crippen LogP contribution in [0.1, 0.15) is 49.2 Å². The van der Waals surface area contributed by atoms with Crippen molar-refractivity contribution in [1.82, 2.24) is 5.43 Å². The Morgan fingerprint density at radius 3 is 2.63 bits per heavy atom. The third-order valence-corrected chi connectivity index (χ3v) is 4.82. The van der Waals surface area contributed by atoms with Crippen LogP contribution in [0.15, 0.2) is 53.6 Å². The summed E-state index contributed by atoms with van der Waals surface area (Å²) in [5, 5.41) is 3.92. The number of fused-ring (bicyclic) bond motifs is 1. The Morgan fingerprint density at radius 1 is 1.26 bits per heavy atom. The van der Waals surface area contributed by atoms with Crippen LogP contribution < -0.4 is 10.3 Å². The summed E-state index contributed by atoms with van der Waals surface area (Å²) in [5.41, 5.74) is 6.07.